The summed E-state index contributed by atoms with van der Waals surface area (Å²) in [6, 6.07) is 25.4. The second-order valence-electron chi connectivity index (χ2n) is 8.93. The number of carbonyl (C=O) groups is 1. The second-order valence-corrected chi connectivity index (χ2v) is 8.93. The molecule has 1 fully saturated rings. The number of benzene rings is 3. The molecular formula is C28H29N4O3+. The minimum absolute atomic E-state index is 0.0126. The summed E-state index contributed by atoms with van der Waals surface area (Å²) in [7, 11) is 1.66. The van der Waals surface area contributed by atoms with Gasteiger partial charge >= 0.3 is 0 Å². The Kier molecular flexibility index (Phi) is 6.59. The molecule has 35 heavy (non-hydrogen) atoms. The molecule has 0 aliphatic carbocycles. The lowest BCUT2D eigenvalue weighted by atomic mass is 10.1. The van der Waals surface area contributed by atoms with Crippen molar-refractivity contribution in [2.24, 2.45) is 7.05 Å². The molecule has 0 bridgehead atoms. The summed E-state index contributed by atoms with van der Waals surface area (Å²) in [5.74, 6) is 0.642. The average molecular weight is 470 g/mol. The Bertz CT molecular complexity index is 1380. The third kappa shape index (κ3) is 5.10. The van der Waals surface area contributed by atoms with Gasteiger partial charge in [0.25, 0.3) is 11.5 Å². The first kappa shape index (κ1) is 22.8. The van der Waals surface area contributed by atoms with E-state index >= 15 is 0 Å². The van der Waals surface area contributed by atoms with Crippen LogP contribution >= 0.6 is 0 Å². The molecule has 2 heterocycles. The quantitative estimate of drug-likeness (QED) is 0.469. The van der Waals surface area contributed by atoms with Crippen LogP contribution in [0.3, 0.4) is 0 Å². The summed E-state index contributed by atoms with van der Waals surface area (Å²) in [4.78, 5) is 28.5. The maximum atomic E-state index is 12.7. The fraction of sp³-hybridized carbons (Fsp3) is 0.250. The molecule has 0 spiro atoms. The van der Waals surface area contributed by atoms with Crippen LogP contribution in [-0.2, 0) is 18.4 Å². The van der Waals surface area contributed by atoms with Crippen LogP contribution in [0.25, 0.3) is 22.0 Å². The summed E-state index contributed by atoms with van der Waals surface area (Å²) >= 11 is 0. The Labute approximate surface area is 204 Å². The van der Waals surface area contributed by atoms with Gasteiger partial charge in [-0.1, -0.05) is 48.5 Å². The predicted octanol–water partition coefficient (Wildman–Crippen LogP) is 1.91. The smallest absolute Gasteiger partial charge is 0.274 e. The molecule has 1 saturated heterocycles. The molecule has 1 aliphatic rings. The minimum atomic E-state index is -0.120. The van der Waals surface area contributed by atoms with E-state index in [9.17, 15) is 9.59 Å². The molecular weight excluding hydrogens is 440 g/mol. The van der Waals surface area contributed by atoms with Gasteiger partial charge < -0.3 is 14.5 Å². The molecule has 1 amide bonds. The Morgan fingerprint density at radius 2 is 1.57 bits per heavy atom. The summed E-state index contributed by atoms with van der Waals surface area (Å²) in [6.07, 6.45) is 0. The van der Waals surface area contributed by atoms with Gasteiger partial charge in [-0.2, -0.15) is 5.10 Å². The maximum Gasteiger partial charge on any atom is 0.274 e. The number of nitrogens with one attached hydrogen (secondary N) is 1. The highest BCUT2D eigenvalue weighted by atomic mass is 16.5. The number of aromatic nitrogens is 2. The van der Waals surface area contributed by atoms with Gasteiger partial charge in [0.15, 0.2) is 6.61 Å². The van der Waals surface area contributed by atoms with Gasteiger partial charge in [0.2, 0.25) is 0 Å². The second kappa shape index (κ2) is 10.1. The van der Waals surface area contributed by atoms with Crippen LogP contribution in [-0.4, -0.2) is 53.4 Å². The molecule has 0 atom stereocenters. The van der Waals surface area contributed by atoms with Gasteiger partial charge in [-0.05, 0) is 30.3 Å². The molecule has 1 aliphatic heterocycles. The van der Waals surface area contributed by atoms with E-state index < -0.39 is 0 Å². The zero-order chi connectivity index (χ0) is 24.2. The molecule has 4 aromatic rings. The van der Waals surface area contributed by atoms with Crippen molar-refractivity contribution < 1.29 is 14.4 Å². The fourth-order valence-corrected chi connectivity index (χ4v) is 4.59. The van der Waals surface area contributed by atoms with Gasteiger partial charge in [0.1, 0.15) is 12.3 Å². The topological polar surface area (TPSA) is 68.9 Å². The van der Waals surface area contributed by atoms with Crippen LogP contribution in [0, 0.1) is 0 Å². The lowest BCUT2D eigenvalue weighted by Crippen LogP contribution is -3.13. The van der Waals surface area contributed by atoms with Gasteiger partial charge in [-0.25, -0.2) is 4.68 Å². The number of hydrogen-bond acceptors (Lipinski definition) is 4. The number of rotatable bonds is 6. The van der Waals surface area contributed by atoms with Crippen LogP contribution in [0.15, 0.2) is 83.7 Å². The highest BCUT2D eigenvalue weighted by Gasteiger charge is 2.24. The Morgan fingerprint density at radius 1 is 0.914 bits per heavy atom. The number of ether oxygens (including phenoxy) is 1. The largest absolute Gasteiger partial charge is 0.484 e. The standard InChI is InChI=1S/C28H28N4O3/c1-30-28(34)25-10-6-5-9-24(25)27(29-30)22-11-13-23(14-12-22)35-20-26(33)32-17-15-31(16-18-32)19-21-7-3-2-4-8-21/h2-14H,15-20H2,1H3/p+1. The van der Waals surface area contributed by atoms with Crippen LogP contribution in [0.1, 0.15) is 5.56 Å². The summed E-state index contributed by atoms with van der Waals surface area (Å²) in [6.45, 7) is 4.38. The summed E-state index contributed by atoms with van der Waals surface area (Å²) in [5.41, 5.74) is 2.83. The molecule has 0 unspecified atom stereocenters. The monoisotopic (exact) mass is 469 g/mol. The van der Waals surface area contributed by atoms with Crippen LogP contribution in [0.5, 0.6) is 5.75 Å². The van der Waals surface area contributed by atoms with Gasteiger partial charge in [0.05, 0.1) is 37.3 Å². The molecule has 5 rings (SSSR count). The predicted molar refractivity (Wildman–Crippen MR) is 135 cm³/mol. The zero-order valence-corrected chi connectivity index (χ0v) is 19.8. The van der Waals surface area contributed by atoms with Crippen molar-refractivity contribution in [2.45, 2.75) is 6.54 Å². The van der Waals surface area contributed by atoms with Crippen molar-refractivity contribution in [2.75, 3.05) is 32.8 Å². The number of nitrogens with zero attached hydrogens (tertiary/aromatic N) is 3. The van der Waals surface area contributed by atoms with E-state index in [1.807, 2.05) is 59.5 Å². The van der Waals surface area contributed by atoms with E-state index in [2.05, 4.69) is 29.4 Å². The summed E-state index contributed by atoms with van der Waals surface area (Å²) in [5, 5.41) is 5.92. The van der Waals surface area contributed by atoms with Crippen molar-refractivity contribution in [1.82, 2.24) is 14.7 Å². The third-order valence-electron chi connectivity index (χ3n) is 6.57. The van der Waals surface area contributed by atoms with E-state index in [4.69, 9.17) is 4.74 Å². The number of hydrogen-bond donors (Lipinski definition) is 1. The first-order valence-corrected chi connectivity index (χ1v) is 11.9. The highest BCUT2D eigenvalue weighted by molar-refractivity contribution is 5.93. The number of aryl methyl sites for hydroxylation is 1. The first-order valence-electron chi connectivity index (χ1n) is 11.9. The highest BCUT2D eigenvalue weighted by Crippen LogP contribution is 2.26. The van der Waals surface area contributed by atoms with Crippen LogP contribution < -0.4 is 15.2 Å². The van der Waals surface area contributed by atoms with Gasteiger partial charge in [-0.15, -0.1) is 0 Å². The van der Waals surface area contributed by atoms with Crippen molar-refractivity contribution in [3.63, 3.8) is 0 Å². The van der Waals surface area contributed by atoms with E-state index in [0.29, 0.717) is 11.1 Å². The summed E-state index contributed by atoms with van der Waals surface area (Å²) < 4.78 is 7.15. The van der Waals surface area contributed by atoms with E-state index in [-0.39, 0.29) is 18.1 Å². The van der Waals surface area contributed by atoms with Crippen molar-refractivity contribution in [3.8, 4) is 17.0 Å². The molecule has 1 aromatic heterocycles. The lowest BCUT2D eigenvalue weighted by Gasteiger charge is -2.32. The number of piperazine rings is 1. The molecule has 0 radical (unpaired) electrons. The van der Waals surface area contributed by atoms with E-state index in [0.717, 1.165) is 49.4 Å². The van der Waals surface area contributed by atoms with E-state index in [1.165, 1.54) is 15.1 Å². The van der Waals surface area contributed by atoms with Crippen LogP contribution in [0.2, 0.25) is 0 Å². The number of fused-ring (bicyclic) bond motifs is 1. The maximum absolute atomic E-state index is 12.7. The van der Waals surface area contributed by atoms with Gasteiger partial charge in [-0.3, -0.25) is 9.59 Å². The minimum Gasteiger partial charge on any atom is -0.484 e. The molecule has 1 N–H and O–H groups in total. The Morgan fingerprint density at radius 3 is 2.29 bits per heavy atom. The number of carbonyl (C=O) groups excluding carboxylic acids is 1. The molecule has 7 nitrogen and oxygen atoms in total. The molecule has 7 heteroatoms. The molecule has 0 saturated carbocycles. The Balaban J connectivity index is 1.18. The normalized spacial score (nSPS) is 14.3. The first-order chi connectivity index (χ1) is 17.1. The number of amides is 1. The van der Waals surface area contributed by atoms with Gasteiger partial charge in [0, 0.05) is 23.6 Å². The fourth-order valence-electron chi connectivity index (χ4n) is 4.59. The van der Waals surface area contributed by atoms with Crippen molar-refractivity contribution in [1.29, 1.82) is 0 Å². The lowest BCUT2D eigenvalue weighted by molar-refractivity contribution is -0.917. The molecule has 178 valence electrons. The Hall–Kier alpha value is -3.97. The van der Waals surface area contributed by atoms with Crippen LogP contribution in [0.4, 0.5) is 0 Å². The molecule has 3 aromatic carbocycles. The zero-order valence-electron chi connectivity index (χ0n) is 19.8. The number of quaternary nitrogens is 1. The third-order valence-corrected chi connectivity index (χ3v) is 6.57. The van der Waals surface area contributed by atoms with E-state index in [1.54, 1.807) is 7.05 Å². The average Bonchev–Trinajstić information content (AvgIpc) is 2.91. The van der Waals surface area contributed by atoms with Crippen molar-refractivity contribution >= 4 is 16.7 Å². The van der Waals surface area contributed by atoms with Crippen molar-refractivity contribution in [3.05, 3.63) is 94.8 Å². The SMILES string of the molecule is Cn1nc(-c2ccc(OCC(=O)N3CC[NH+](Cc4ccccc4)CC3)cc2)c2ccccc2c1=O.